The average Bonchev–Trinajstić information content (AvgIpc) is 2.92. The quantitative estimate of drug-likeness (QED) is 0.689. The Kier molecular flexibility index (Phi) is 3.59. The van der Waals surface area contributed by atoms with E-state index in [1.807, 2.05) is 0 Å². The molecule has 0 amide bonds. The van der Waals surface area contributed by atoms with E-state index in [0.29, 0.717) is 16.8 Å². The van der Waals surface area contributed by atoms with Crippen molar-refractivity contribution in [2.75, 3.05) is 5.32 Å². The summed E-state index contributed by atoms with van der Waals surface area (Å²) in [6, 6.07) is 6.96. The third kappa shape index (κ3) is 3.20. The molecule has 2 aromatic carbocycles. The van der Waals surface area contributed by atoms with Crippen LogP contribution < -0.4 is 10.1 Å². The third-order valence-corrected chi connectivity index (χ3v) is 3.23. The molecule has 4 nitrogen and oxygen atoms in total. The van der Waals surface area contributed by atoms with Crippen LogP contribution in [0.3, 0.4) is 0 Å². The van der Waals surface area contributed by atoms with Gasteiger partial charge in [0.2, 0.25) is 0 Å². The monoisotopic (exact) mass is 325 g/mol. The van der Waals surface area contributed by atoms with E-state index < -0.39 is 12.2 Å². The molecule has 0 unspecified atom stereocenters. The number of hydrogen-bond acceptors (Lipinski definition) is 3. The molecular weight excluding hydrogens is 314 g/mol. The number of nitrogens with one attached hydrogen (secondary N) is 2. The van der Waals surface area contributed by atoms with Crippen molar-refractivity contribution >= 4 is 22.4 Å². The van der Waals surface area contributed by atoms with Crippen LogP contribution in [0.4, 0.5) is 28.9 Å². The van der Waals surface area contributed by atoms with Gasteiger partial charge in [-0.2, -0.15) is 0 Å². The fourth-order valence-corrected chi connectivity index (χ4v) is 2.19. The zero-order chi connectivity index (χ0) is 16.6. The Morgan fingerprint density at radius 2 is 1.87 bits per heavy atom. The van der Waals surface area contributed by atoms with Gasteiger partial charge in [0.1, 0.15) is 11.3 Å². The summed E-state index contributed by atoms with van der Waals surface area (Å²) in [7, 11) is 0. The number of aryl methyl sites for hydroxylation is 1. The van der Waals surface area contributed by atoms with Crippen LogP contribution in [-0.4, -0.2) is 16.3 Å². The second-order valence-corrected chi connectivity index (χ2v) is 4.88. The second-order valence-electron chi connectivity index (χ2n) is 4.88. The fourth-order valence-electron chi connectivity index (χ4n) is 2.19. The SMILES string of the molecule is Cc1cc(OC(F)(F)F)ccc1Nc1ccc2[nH]cnc2c1F. The van der Waals surface area contributed by atoms with Gasteiger partial charge >= 0.3 is 6.36 Å². The lowest BCUT2D eigenvalue weighted by Crippen LogP contribution is -2.17. The van der Waals surface area contributed by atoms with Gasteiger partial charge in [-0.3, -0.25) is 0 Å². The first-order valence-electron chi connectivity index (χ1n) is 6.58. The van der Waals surface area contributed by atoms with Crippen LogP contribution in [-0.2, 0) is 0 Å². The summed E-state index contributed by atoms with van der Waals surface area (Å²) in [4.78, 5) is 6.67. The van der Waals surface area contributed by atoms with Gasteiger partial charge in [-0.05, 0) is 42.8 Å². The topological polar surface area (TPSA) is 49.9 Å². The van der Waals surface area contributed by atoms with E-state index in [1.54, 1.807) is 13.0 Å². The fraction of sp³-hybridized carbons (Fsp3) is 0.133. The Morgan fingerprint density at radius 1 is 1.13 bits per heavy atom. The molecule has 3 rings (SSSR count). The molecule has 0 aliphatic rings. The summed E-state index contributed by atoms with van der Waals surface area (Å²) in [6.07, 6.45) is -3.37. The summed E-state index contributed by atoms with van der Waals surface area (Å²) < 4.78 is 54.7. The molecule has 0 spiro atoms. The molecule has 1 heterocycles. The minimum Gasteiger partial charge on any atom is -0.406 e. The van der Waals surface area contributed by atoms with Gasteiger partial charge in [0.25, 0.3) is 0 Å². The molecule has 2 N–H and O–H groups in total. The first-order chi connectivity index (χ1) is 10.8. The van der Waals surface area contributed by atoms with E-state index >= 15 is 0 Å². The first-order valence-corrected chi connectivity index (χ1v) is 6.58. The number of imidazole rings is 1. The standard InChI is InChI=1S/C15H11F4N3O/c1-8-6-9(23-15(17,18)19)2-3-10(8)22-11-4-5-12-14(13(11)16)21-7-20-12/h2-7,22H,1H3,(H,20,21). The molecule has 0 bridgehead atoms. The largest absolute Gasteiger partial charge is 0.573 e. The van der Waals surface area contributed by atoms with Crippen LogP contribution in [0.1, 0.15) is 5.56 Å². The Morgan fingerprint density at radius 3 is 2.57 bits per heavy atom. The zero-order valence-corrected chi connectivity index (χ0v) is 11.8. The third-order valence-electron chi connectivity index (χ3n) is 3.23. The van der Waals surface area contributed by atoms with E-state index in [9.17, 15) is 17.6 Å². The van der Waals surface area contributed by atoms with Crippen LogP contribution in [0.15, 0.2) is 36.7 Å². The number of nitrogens with zero attached hydrogens (tertiary/aromatic N) is 1. The average molecular weight is 325 g/mol. The van der Waals surface area contributed by atoms with Crippen molar-refractivity contribution in [1.82, 2.24) is 9.97 Å². The van der Waals surface area contributed by atoms with E-state index in [1.165, 1.54) is 24.5 Å². The highest BCUT2D eigenvalue weighted by molar-refractivity contribution is 5.81. The predicted octanol–water partition coefficient (Wildman–Crippen LogP) is 4.65. The molecule has 23 heavy (non-hydrogen) atoms. The van der Waals surface area contributed by atoms with E-state index in [4.69, 9.17) is 0 Å². The van der Waals surface area contributed by atoms with Gasteiger partial charge in [0, 0.05) is 5.69 Å². The van der Waals surface area contributed by atoms with Crippen molar-refractivity contribution in [2.24, 2.45) is 0 Å². The summed E-state index contributed by atoms with van der Waals surface area (Å²) in [5.74, 6) is -0.873. The van der Waals surface area contributed by atoms with Crippen molar-refractivity contribution in [1.29, 1.82) is 0 Å². The van der Waals surface area contributed by atoms with Gasteiger partial charge in [0.15, 0.2) is 5.82 Å². The van der Waals surface area contributed by atoms with Crippen molar-refractivity contribution < 1.29 is 22.3 Å². The molecule has 0 aliphatic carbocycles. The number of alkyl halides is 3. The number of fused-ring (bicyclic) bond motifs is 1. The van der Waals surface area contributed by atoms with Crippen LogP contribution in [0.25, 0.3) is 11.0 Å². The van der Waals surface area contributed by atoms with E-state index in [-0.39, 0.29) is 17.0 Å². The highest BCUT2D eigenvalue weighted by Crippen LogP contribution is 2.30. The molecule has 0 radical (unpaired) electrons. The summed E-state index contributed by atoms with van der Waals surface area (Å²) in [5.41, 5.74) is 1.86. The lowest BCUT2D eigenvalue weighted by atomic mass is 10.1. The second kappa shape index (κ2) is 5.45. The number of anilines is 2. The minimum absolute atomic E-state index is 0.178. The molecule has 120 valence electrons. The van der Waals surface area contributed by atoms with Crippen LogP contribution in [0.2, 0.25) is 0 Å². The molecular formula is C15H11F4N3O. The van der Waals surface area contributed by atoms with Gasteiger partial charge in [0.05, 0.1) is 17.5 Å². The molecule has 0 aliphatic heterocycles. The van der Waals surface area contributed by atoms with Crippen molar-refractivity contribution in [3.63, 3.8) is 0 Å². The molecule has 0 fully saturated rings. The molecule has 8 heteroatoms. The van der Waals surface area contributed by atoms with Crippen LogP contribution in [0.5, 0.6) is 5.75 Å². The number of H-pyrrole nitrogens is 1. The Balaban J connectivity index is 1.88. The number of rotatable bonds is 3. The van der Waals surface area contributed by atoms with Gasteiger partial charge in [-0.25, -0.2) is 9.37 Å². The Hall–Kier alpha value is -2.77. The predicted molar refractivity (Wildman–Crippen MR) is 77.2 cm³/mol. The molecule has 0 saturated carbocycles. The molecule has 1 aromatic heterocycles. The van der Waals surface area contributed by atoms with Crippen LogP contribution in [0, 0.1) is 12.7 Å². The van der Waals surface area contributed by atoms with Crippen molar-refractivity contribution in [3.05, 3.63) is 48.0 Å². The first kappa shape index (κ1) is 15.1. The summed E-state index contributed by atoms with van der Waals surface area (Å²) in [6.45, 7) is 1.59. The Bertz CT molecular complexity index is 858. The number of aromatic amines is 1. The number of hydrogen-bond donors (Lipinski definition) is 2. The van der Waals surface area contributed by atoms with E-state index in [2.05, 4.69) is 20.0 Å². The van der Waals surface area contributed by atoms with Gasteiger partial charge in [-0.15, -0.1) is 13.2 Å². The highest BCUT2D eigenvalue weighted by Gasteiger charge is 2.31. The smallest absolute Gasteiger partial charge is 0.406 e. The van der Waals surface area contributed by atoms with Crippen molar-refractivity contribution in [2.45, 2.75) is 13.3 Å². The maximum Gasteiger partial charge on any atom is 0.573 e. The lowest BCUT2D eigenvalue weighted by Gasteiger charge is -2.13. The van der Waals surface area contributed by atoms with Gasteiger partial charge < -0.3 is 15.0 Å². The number of aromatic nitrogens is 2. The number of benzene rings is 2. The zero-order valence-electron chi connectivity index (χ0n) is 11.8. The highest BCUT2D eigenvalue weighted by atomic mass is 19.4. The normalized spacial score (nSPS) is 11.7. The lowest BCUT2D eigenvalue weighted by molar-refractivity contribution is -0.274. The van der Waals surface area contributed by atoms with Crippen LogP contribution >= 0.6 is 0 Å². The molecule has 3 aromatic rings. The van der Waals surface area contributed by atoms with E-state index in [0.717, 1.165) is 6.07 Å². The van der Waals surface area contributed by atoms with Crippen molar-refractivity contribution in [3.8, 4) is 5.75 Å². The maximum atomic E-state index is 14.3. The number of halogens is 4. The molecule has 0 atom stereocenters. The summed E-state index contributed by atoms with van der Waals surface area (Å²) in [5, 5.41) is 2.85. The maximum absolute atomic E-state index is 14.3. The number of ether oxygens (including phenoxy) is 1. The Labute approximate surface area is 128 Å². The summed E-state index contributed by atoms with van der Waals surface area (Å²) >= 11 is 0. The van der Waals surface area contributed by atoms with Gasteiger partial charge in [-0.1, -0.05) is 0 Å². The molecule has 0 saturated heterocycles. The minimum atomic E-state index is -4.75.